The summed E-state index contributed by atoms with van der Waals surface area (Å²) < 4.78 is 1.71. The molecule has 2 aromatic heterocycles. The van der Waals surface area contributed by atoms with E-state index in [1.54, 1.807) is 22.7 Å². The molecule has 0 spiro atoms. The molecule has 0 bridgehead atoms. The third kappa shape index (κ3) is 3.44. The Kier molecular flexibility index (Phi) is 4.47. The fourth-order valence-electron chi connectivity index (χ4n) is 2.70. The van der Waals surface area contributed by atoms with Crippen molar-refractivity contribution in [2.75, 3.05) is 17.2 Å². The number of amides is 1. The van der Waals surface area contributed by atoms with Crippen molar-refractivity contribution in [2.24, 2.45) is 13.0 Å². The average molecular weight is 330 g/mol. The van der Waals surface area contributed by atoms with Gasteiger partial charge in [0.05, 0.1) is 5.69 Å². The number of anilines is 1. The fourth-order valence-corrected chi connectivity index (χ4v) is 3.39. The second-order valence-corrected chi connectivity index (χ2v) is 6.80. The van der Waals surface area contributed by atoms with Crippen LogP contribution in [-0.2, 0) is 16.6 Å². The van der Waals surface area contributed by atoms with Crippen LogP contribution in [0.2, 0.25) is 0 Å². The number of carbonyl (C=O) groups is 2. The van der Waals surface area contributed by atoms with Crippen molar-refractivity contribution in [3.63, 3.8) is 0 Å². The SMILES string of the molecule is CC(=O)SCC1CC(=O)N(c2cc(-c3ccccn3)nn2C)C1. The second kappa shape index (κ2) is 6.54. The summed E-state index contributed by atoms with van der Waals surface area (Å²) in [6.07, 6.45) is 2.20. The molecule has 1 unspecified atom stereocenters. The number of hydrogen-bond donors (Lipinski definition) is 0. The number of pyridine rings is 1. The number of nitrogens with zero attached hydrogens (tertiary/aromatic N) is 4. The molecule has 3 rings (SSSR count). The van der Waals surface area contributed by atoms with Crippen LogP contribution in [0.3, 0.4) is 0 Å². The van der Waals surface area contributed by atoms with E-state index in [2.05, 4.69) is 10.1 Å². The van der Waals surface area contributed by atoms with Crippen LogP contribution in [0.4, 0.5) is 5.82 Å². The molecule has 0 N–H and O–H groups in total. The third-order valence-corrected chi connectivity index (χ3v) is 4.83. The zero-order valence-electron chi connectivity index (χ0n) is 13.1. The van der Waals surface area contributed by atoms with Crippen LogP contribution in [0.1, 0.15) is 13.3 Å². The maximum absolute atomic E-state index is 12.3. The van der Waals surface area contributed by atoms with Gasteiger partial charge in [-0.2, -0.15) is 5.10 Å². The van der Waals surface area contributed by atoms with E-state index in [4.69, 9.17) is 0 Å². The summed E-state index contributed by atoms with van der Waals surface area (Å²) in [5.74, 6) is 1.73. The van der Waals surface area contributed by atoms with Crippen molar-refractivity contribution in [3.8, 4) is 11.4 Å². The molecule has 1 aliphatic heterocycles. The zero-order chi connectivity index (χ0) is 16.4. The van der Waals surface area contributed by atoms with Crippen molar-refractivity contribution in [3.05, 3.63) is 30.5 Å². The fraction of sp³-hybridized carbons (Fsp3) is 0.375. The minimum absolute atomic E-state index is 0.0784. The van der Waals surface area contributed by atoms with E-state index in [9.17, 15) is 9.59 Å². The van der Waals surface area contributed by atoms with Gasteiger partial charge in [0, 0.05) is 45.0 Å². The van der Waals surface area contributed by atoms with Crippen LogP contribution in [0.15, 0.2) is 30.5 Å². The van der Waals surface area contributed by atoms with Crippen LogP contribution in [0.25, 0.3) is 11.4 Å². The molecular weight excluding hydrogens is 312 g/mol. The van der Waals surface area contributed by atoms with E-state index in [1.165, 1.54) is 11.8 Å². The lowest BCUT2D eigenvalue weighted by Crippen LogP contribution is -2.26. The first-order valence-corrected chi connectivity index (χ1v) is 8.42. The second-order valence-electron chi connectivity index (χ2n) is 5.60. The summed E-state index contributed by atoms with van der Waals surface area (Å²) in [6, 6.07) is 7.55. The molecule has 0 aliphatic carbocycles. The normalized spacial score (nSPS) is 17.7. The van der Waals surface area contributed by atoms with Gasteiger partial charge in [0.15, 0.2) is 5.12 Å². The molecule has 1 atom stereocenters. The summed E-state index contributed by atoms with van der Waals surface area (Å²) >= 11 is 1.28. The Morgan fingerprint density at radius 1 is 1.39 bits per heavy atom. The Hall–Kier alpha value is -2.15. The summed E-state index contributed by atoms with van der Waals surface area (Å²) in [6.45, 7) is 2.18. The molecule has 0 aromatic carbocycles. The van der Waals surface area contributed by atoms with Gasteiger partial charge < -0.3 is 0 Å². The quantitative estimate of drug-likeness (QED) is 0.859. The maximum Gasteiger partial charge on any atom is 0.228 e. The summed E-state index contributed by atoms with van der Waals surface area (Å²) in [5, 5.41) is 4.55. The van der Waals surface area contributed by atoms with Crippen LogP contribution in [-0.4, -0.2) is 38.1 Å². The van der Waals surface area contributed by atoms with Gasteiger partial charge >= 0.3 is 0 Å². The van der Waals surface area contributed by atoms with Gasteiger partial charge in [-0.15, -0.1) is 0 Å². The van der Waals surface area contributed by atoms with E-state index >= 15 is 0 Å². The molecule has 7 heteroatoms. The lowest BCUT2D eigenvalue weighted by molar-refractivity contribution is -0.117. The Labute approximate surface area is 138 Å². The minimum Gasteiger partial charge on any atom is -0.297 e. The van der Waals surface area contributed by atoms with Crippen LogP contribution in [0.5, 0.6) is 0 Å². The summed E-state index contributed by atoms with van der Waals surface area (Å²) in [5.41, 5.74) is 1.53. The molecule has 1 amide bonds. The molecule has 0 saturated carbocycles. The average Bonchev–Trinajstić information content (AvgIpc) is 3.09. The van der Waals surface area contributed by atoms with Gasteiger partial charge in [0.1, 0.15) is 11.5 Å². The van der Waals surface area contributed by atoms with E-state index in [-0.39, 0.29) is 16.9 Å². The van der Waals surface area contributed by atoms with Gasteiger partial charge in [-0.25, -0.2) is 0 Å². The van der Waals surface area contributed by atoms with Crippen molar-refractivity contribution < 1.29 is 9.59 Å². The first-order valence-electron chi connectivity index (χ1n) is 7.44. The van der Waals surface area contributed by atoms with Crippen molar-refractivity contribution in [2.45, 2.75) is 13.3 Å². The van der Waals surface area contributed by atoms with Crippen LogP contribution < -0.4 is 4.90 Å². The highest BCUT2D eigenvalue weighted by atomic mass is 32.2. The third-order valence-electron chi connectivity index (χ3n) is 3.79. The largest absolute Gasteiger partial charge is 0.297 e. The molecule has 2 aromatic rings. The Balaban J connectivity index is 1.78. The standard InChI is InChI=1S/C16H18N4O2S/c1-11(21)23-10-12-7-16(22)20(9-12)15-8-14(18-19(15)2)13-5-3-4-6-17-13/h3-6,8,12H,7,9-10H2,1-2H3. The predicted octanol–water partition coefficient (Wildman–Crippen LogP) is 2.11. The van der Waals surface area contributed by atoms with Gasteiger partial charge in [0.2, 0.25) is 5.91 Å². The van der Waals surface area contributed by atoms with E-state index < -0.39 is 0 Å². The maximum atomic E-state index is 12.3. The van der Waals surface area contributed by atoms with Crippen LogP contribution >= 0.6 is 11.8 Å². The molecule has 1 saturated heterocycles. The monoisotopic (exact) mass is 330 g/mol. The number of aryl methyl sites for hydroxylation is 1. The first-order chi connectivity index (χ1) is 11.0. The molecule has 1 aliphatic rings. The van der Waals surface area contributed by atoms with E-state index in [1.807, 2.05) is 31.3 Å². The smallest absolute Gasteiger partial charge is 0.228 e. The zero-order valence-corrected chi connectivity index (χ0v) is 13.9. The molecule has 0 radical (unpaired) electrons. The van der Waals surface area contributed by atoms with Gasteiger partial charge in [-0.3, -0.25) is 24.2 Å². The topological polar surface area (TPSA) is 68.1 Å². The Morgan fingerprint density at radius 2 is 2.22 bits per heavy atom. The minimum atomic E-state index is 0.0784. The number of aromatic nitrogens is 3. The van der Waals surface area contributed by atoms with Crippen LogP contribution in [0, 0.1) is 5.92 Å². The molecule has 120 valence electrons. The molecule has 6 nitrogen and oxygen atoms in total. The molecule has 3 heterocycles. The molecule has 23 heavy (non-hydrogen) atoms. The highest BCUT2D eigenvalue weighted by Crippen LogP contribution is 2.29. The lowest BCUT2D eigenvalue weighted by atomic mass is 10.1. The first kappa shape index (κ1) is 15.7. The van der Waals surface area contributed by atoms with Gasteiger partial charge in [0.25, 0.3) is 0 Å². The highest BCUT2D eigenvalue weighted by Gasteiger charge is 2.32. The summed E-state index contributed by atoms with van der Waals surface area (Å²) in [7, 11) is 1.83. The van der Waals surface area contributed by atoms with E-state index in [0.717, 1.165) is 17.2 Å². The lowest BCUT2D eigenvalue weighted by Gasteiger charge is -2.16. The number of rotatable bonds is 4. The van der Waals surface area contributed by atoms with E-state index in [0.29, 0.717) is 18.7 Å². The molecular formula is C16H18N4O2S. The van der Waals surface area contributed by atoms with Gasteiger partial charge in [-0.05, 0) is 18.1 Å². The van der Waals surface area contributed by atoms with Crippen molar-refractivity contribution >= 4 is 28.6 Å². The number of hydrogen-bond acceptors (Lipinski definition) is 5. The predicted molar refractivity (Wildman–Crippen MR) is 90.0 cm³/mol. The van der Waals surface area contributed by atoms with Crippen molar-refractivity contribution in [1.29, 1.82) is 0 Å². The highest BCUT2D eigenvalue weighted by molar-refractivity contribution is 8.13. The molecule has 1 fully saturated rings. The number of carbonyl (C=O) groups excluding carboxylic acids is 2. The number of thioether (sulfide) groups is 1. The summed E-state index contributed by atoms with van der Waals surface area (Å²) in [4.78, 5) is 29.4. The Morgan fingerprint density at radius 3 is 2.91 bits per heavy atom. The van der Waals surface area contributed by atoms with Crippen molar-refractivity contribution in [1.82, 2.24) is 14.8 Å². The Bertz CT molecular complexity index is 729. The van der Waals surface area contributed by atoms with Gasteiger partial charge in [-0.1, -0.05) is 17.8 Å².